The predicted molar refractivity (Wildman–Crippen MR) is 498 cm³/mol. The molecule has 0 bridgehead atoms. The van der Waals surface area contributed by atoms with E-state index in [0.29, 0.717) is 161 Å². The summed E-state index contributed by atoms with van der Waals surface area (Å²) in [4.78, 5) is 151. The van der Waals surface area contributed by atoms with Gasteiger partial charge in [-0.1, -0.05) is 252 Å². The highest BCUT2D eigenvalue weighted by Gasteiger charge is 2.37. The molecule has 4 heterocycles. The summed E-state index contributed by atoms with van der Waals surface area (Å²) in [7, 11) is 0. The number of benzene rings is 3. The third kappa shape index (κ3) is 43.6. The Kier molecular flexibility index (Phi) is 53.4. The molecule has 4 saturated heterocycles. The number of morpholine rings is 4. The van der Waals surface area contributed by atoms with Gasteiger partial charge in [-0.15, -0.1) is 0 Å². The summed E-state index contributed by atoms with van der Waals surface area (Å²) in [6.45, 7) is 11.9. The zero-order valence-corrected chi connectivity index (χ0v) is 78.7. The van der Waals surface area contributed by atoms with Crippen molar-refractivity contribution in [3.63, 3.8) is 0 Å². The van der Waals surface area contributed by atoms with Gasteiger partial charge in [0.25, 0.3) is 5.91 Å². The predicted octanol–water partition coefficient (Wildman–Crippen LogP) is 10.5. The van der Waals surface area contributed by atoms with Crippen LogP contribution in [0.2, 0.25) is 0 Å². The van der Waals surface area contributed by atoms with Gasteiger partial charge in [0.2, 0.25) is 47.1 Å². The standard InChI is InChI=1S/C25H37N3O5.C25H35N3O4.C15H25NO4.C14H23NO3.C12H20O3.C10H14N2O2/c26-24(30)22(18-33-17-20-9-5-2-6-10-20)27-25(31)21(15-19-7-3-1-4-8-19)16-23(29)28-11-13-32-14-12-28;26-17-23(19-32-18-21-9-5-2-6-10-21)27-25(30)22(15-20-7-3-1-4-8-20)16-24(29)28-11-13-31-14-12-28;17-11-13(10-12-4-2-1-3-5-12)14(18)15(19)16-6-8-20-9-7-16;1-11(16)13(9-12-5-3-2-4-6-12)15-7-8-18-10-14(15)17;1-9(13)11(8-12(14)15)7-10-5-3-2-4-6-10;11-9(10(12)13)7-14-6-8-4-2-1-3-5-8/h2,5-6,9-10,19,21-22H,1,3-4,7-8,11-18H2,(H2,26,30)(H,27,31);2,5-6,9-10,20,22-23H,1,3-4,7-8,11-16,18-19H2,(H,27,30);12-13,17H,1-11H2;12-13H,2-10H2,1H3;10-11H,2-8H2,1H3,(H,14,15);1-5,9H,6-7,11H2,(H2,12,13)/t21-,22+;22-,23-;2*13-;11-;9-/m110010/s1. The van der Waals surface area contributed by atoms with Gasteiger partial charge in [0.05, 0.1) is 117 Å². The third-order valence-corrected chi connectivity index (χ3v) is 26.6. The van der Waals surface area contributed by atoms with Crippen molar-refractivity contribution in [1.82, 2.24) is 30.2 Å². The molecule has 3 aromatic carbocycles. The molecule has 734 valence electrons. The number of amides is 8. The summed E-state index contributed by atoms with van der Waals surface area (Å²) >= 11 is 0. The van der Waals surface area contributed by atoms with Crippen LogP contribution in [0.1, 0.15) is 242 Å². The fourth-order valence-corrected chi connectivity index (χ4v) is 18.8. The highest BCUT2D eigenvalue weighted by molar-refractivity contribution is 6.37. The van der Waals surface area contributed by atoms with Crippen molar-refractivity contribution in [3.05, 3.63) is 108 Å². The quantitative estimate of drug-likeness (QED) is 0.0260. The fourth-order valence-electron chi connectivity index (χ4n) is 18.8. The topological polar surface area (TPSA) is 449 Å². The van der Waals surface area contributed by atoms with Gasteiger partial charge in [0.1, 0.15) is 30.5 Å². The number of nitrogens with zero attached hydrogens (tertiary/aromatic N) is 5. The van der Waals surface area contributed by atoms with Crippen molar-refractivity contribution in [2.45, 2.75) is 270 Å². The van der Waals surface area contributed by atoms with Gasteiger partial charge >= 0.3 is 5.97 Å². The lowest BCUT2D eigenvalue weighted by atomic mass is 9.81. The van der Waals surface area contributed by atoms with Gasteiger partial charge in [-0.25, -0.2) is 0 Å². The molecule has 5 aliphatic carbocycles. The molecule has 0 aromatic heterocycles. The van der Waals surface area contributed by atoms with Crippen LogP contribution in [0.25, 0.3) is 0 Å². The zero-order valence-electron chi connectivity index (χ0n) is 78.7. The minimum Gasteiger partial charge on any atom is -0.481 e. The van der Waals surface area contributed by atoms with E-state index in [1.807, 2.05) is 91.0 Å². The minimum absolute atomic E-state index is 0.00176. The molecule has 132 heavy (non-hydrogen) atoms. The number of carboxylic acids is 1. The van der Waals surface area contributed by atoms with Crippen LogP contribution in [0.5, 0.6) is 0 Å². The number of rotatable bonds is 40. The first-order valence-corrected chi connectivity index (χ1v) is 48.9. The van der Waals surface area contributed by atoms with Gasteiger partial charge in [-0.3, -0.25) is 57.5 Å². The number of ether oxygens (including phenoxy) is 7. The van der Waals surface area contributed by atoms with Crippen molar-refractivity contribution >= 4 is 70.6 Å². The number of carboxylic acid groups (broad SMARTS) is 1. The molecule has 8 atom stereocenters. The lowest BCUT2D eigenvalue weighted by Gasteiger charge is -2.35. The smallest absolute Gasteiger partial charge is 0.304 e. The van der Waals surface area contributed by atoms with Gasteiger partial charge in [-0.2, -0.15) is 5.26 Å². The maximum absolute atomic E-state index is 13.2. The summed E-state index contributed by atoms with van der Waals surface area (Å²) in [6.07, 6.45) is 33.8. The number of Topliss-reactive ketones (excluding diaryl/α,β-unsaturated/α-hetero) is 3. The number of nitrogens with one attached hydrogen (secondary N) is 2. The highest BCUT2D eigenvalue weighted by Crippen LogP contribution is 2.36. The maximum atomic E-state index is 13.2. The monoisotopic (exact) mass is 1840 g/mol. The number of carbonyl (C=O) groups is 12. The number of ketones is 3. The molecule has 0 spiro atoms. The van der Waals surface area contributed by atoms with E-state index in [1.165, 1.54) is 116 Å². The third-order valence-electron chi connectivity index (χ3n) is 26.6. The summed E-state index contributed by atoms with van der Waals surface area (Å²) < 4.78 is 37.5. The second-order valence-electron chi connectivity index (χ2n) is 37.0. The van der Waals surface area contributed by atoms with E-state index < -0.39 is 65.4 Å². The van der Waals surface area contributed by atoms with Crippen molar-refractivity contribution in [1.29, 1.82) is 5.26 Å². The molecule has 4 aliphatic heterocycles. The first-order valence-electron chi connectivity index (χ1n) is 48.9. The molecular weight excluding hydrogens is 1690 g/mol. The Balaban J connectivity index is 0.000000223. The molecule has 9 aliphatic rings. The van der Waals surface area contributed by atoms with E-state index in [9.17, 15) is 67.9 Å². The van der Waals surface area contributed by atoms with Gasteiger partial charge in [0, 0.05) is 76.4 Å². The summed E-state index contributed by atoms with van der Waals surface area (Å²) in [5.41, 5.74) is 18.9. The van der Waals surface area contributed by atoms with Crippen LogP contribution in [0.4, 0.5) is 0 Å². The zero-order chi connectivity index (χ0) is 95.0. The number of carbonyl (C=O) groups excluding carboxylic acids is 11. The van der Waals surface area contributed by atoms with Crippen LogP contribution in [-0.4, -0.2) is 250 Å². The molecule has 9 fully saturated rings. The Morgan fingerprint density at radius 3 is 1.15 bits per heavy atom. The largest absolute Gasteiger partial charge is 0.481 e. The van der Waals surface area contributed by atoms with Crippen LogP contribution in [0.3, 0.4) is 0 Å². The van der Waals surface area contributed by atoms with Crippen molar-refractivity contribution in [2.75, 3.05) is 125 Å². The fraction of sp³-hybridized carbons (Fsp3) is 0.693. The van der Waals surface area contributed by atoms with Crippen LogP contribution >= 0.6 is 0 Å². The summed E-state index contributed by atoms with van der Waals surface area (Å²) in [5.74, 6) is -2.45. The van der Waals surface area contributed by atoms with Gasteiger partial charge < -0.3 is 90.8 Å². The summed E-state index contributed by atoms with van der Waals surface area (Å²) in [6, 6.07) is 28.5. The molecule has 31 nitrogen and oxygen atoms in total. The molecule has 12 rings (SSSR count). The van der Waals surface area contributed by atoms with E-state index in [0.717, 1.165) is 80.9 Å². The number of aliphatic hydroxyl groups is 1. The number of hydrogen-bond acceptors (Lipinski definition) is 22. The Bertz CT molecular complexity index is 3910. The minimum atomic E-state index is -0.937. The molecule has 10 N–H and O–H groups in total. The number of nitrogens with two attached hydrogens (primary N) is 3. The number of hydrogen-bond donors (Lipinski definition) is 7. The second-order valence-corrected chi connectivity index (χ2v) is 37.0. The van der Waals surface area contributed by atoms with Crippen molar-refractivity contribution < 1.29 is 101 Å². The first-order chi connectivity index (χ1) is 63.9. The van der Waals surface area contributed by atoms with Crippen LogP contribution in [0, 0.1) is 64.6 Å². The molecule has 0 radical (unpaired) electrons. The molecule has 8 amide bonds. The SMILES string of the molecule is CC(=O)[C@@H](CC(=O)O)CC1CCCCC1.CC(=O)[C@H](CC1CCCCC1)N1CCOCC1=O.N#C[C@H](COCc1ccccc1)NC(=O)[C@@H](CC(=O)N1CCOCC1)CC1CCCCC1.NC(=O)[C@@H](N)COCc1ccccc1.NC(=O)[C@H](COCc1ccccc1)NC(=O)[C@@H](CC(=O)N1CCOCC1)CC1CCCCC1.O=C(C(=O)N1CCOCC1)[C@H](CO)CC1CCCCC1. The lowest BCUT2D eigenvalue weighted by Crippen LogP contribution is -2.51. The Morgan fingerprint density at radius 2 is 0.795 bits per heavy atom. The Hall–Kier alpha value is -8.97. The van der Waals surface area contributed by atoms with Gasteiger partial charge in [-0.05, 0) is 92.2 Å². The molecule has 3 aromatic rings. The van der Waals surface area contributed by atoms with Crippen molar-refractivity contribution in [2.24, 2.45) is 70.5 Å². The van der Waals surface area contributed by atoms with E-state index in [4.69, 9.17) is 55.5 Å². The van der Waals surface area contributed by atoms with E-state index in [1.54, 1.807) is 26.5 Å². The summed E-state index contributed by atoms with van der Waals surface area (Å²) in [5, 5.41) is 33.3. The number of nitriles is 1. The molecule has 5 saturated carbocycles. The first kappa shape index (κ1) is 110. The number of aliphatic carboxylic acids is 1. The number of aliphatic hydroxyl groups excluding tert-OH is 1. The lowest BCUT2D eigenvalue weighted by molar-refractivity contribution is -0.150. The second kappa shape index (κ2) is 64.1. The molecule has 0 unspecified atom stereocenters. The molecular formula is C101H154N10O21. The average molecular weight is 1840 g/mol. The van der Waals surface area contributed by atoms with Crippen LogP contribution < -0.4 is 27.8 Å². The van der Waals surface area contributed by atoms with Crippen LogP contribution in [0.15, 0.2) is 91.0 Å². The van der Waals surface area contributed by atoms with E-state index in [2.05, 4.69) is 16.7 Å². The number of primary amides is 2. The normalized spacial score (nSPS) is 19.6. The Morgan fingerprint density at radius 1 is 0.439 bits per heavy atom. The van der Waals surface area contributed by atoms with E-state index in [-0.39, 0.29) is 105 Å². The highest BCUT2D eigenvalue weighted by atomic mass is 16.5. The Labute approximate surface area is 782 Å². The van der Waals surface area contributed by atoms with Gasteiger partial charge in [0.15, 0.2) is 5.78 Å². The van der Waals surface area contributed by atoms with E-state index >= 15 is 0 Å². The molecule has 31 heteroatoms. The maximum Gasteiger partial charge on any atom is 0.304 e. The average Bonchev–Trinajstić information content (AvgIpc) is 0.834. The van der Waals surface area contributed by atoms with Crippen molar-refractivity contribution in [3.8, 4) is 6.07 Å². The van der Waals surface area contributed by atoms with Crippen LogP contribution in [-0.2, 0) is 111 Å².